The maximum Gasteiger partial charge on any atom is 0.145 e. The van der Waals surface area contributed by atoms with Gasteiger partial charge < -0.3 is 15.5 Å². The Labute approximate surface area is 114 Å². The smallest absolute Gasteiger partial charge is 0.145 e. The van der Waals surface area contributed by atoms with Gasteiger partial charge in [-0.1, -0.05) is 13.8 Å². The summed E-state index contributed by atoms with van der Waals surface area (Å²) in [6.07, 6.45) is 3.33. The van der Waals surface area contributed by atoms with E-state index < -0.39 is 0 Å². The first-order valence-electron chi connectivity index (χ1n) is 6.96. The Kier molecular flexibility index (Phi) is 4.93. The number of hydrogen-bond donors (Lipinski definition) is 3. The number of hydrogen-bond acceptors (Lipinski definition) is 6. The first-order valence-corrected chi connectivity index (χ1v) is 6.96. The van der Waals surface area contributed by atoms with Crippen LogP contribution in [0.15, 0.2) is 6.07 Å². The molecule has 4 N–H and O–H groups in total. The molecule has 6 heteroatoms. The number of aromatic nitrogens is 2. The number of rotatable bonds is 6. The van der Waals surface area contributed by atoms with Crippen LogP contribution in [-0.2, 0) is 11.2 Å². The van der Waals surface area contributed by atoms with Crippen molar-refractivity contribution in [3.8, 4) is 0 Å². The molecule has 19 heavy (non-hydrogen) atoms. The fraction of sp³-hybridized carbons (Fsp3) is 0.692. The number of nitrogen functional groups attached to an aromatic ring is 1. The third kappa shape index (κ3) is 3.54. The Morgan fingerprint density at radius 3 is 2.84 bits per heavy atom. The predicted octanol–water partition coefficient (Wildman–Crippen LogP) is 1.55. The second kappa shape index (κ2) is 6.68. The third-order valence-corrected chi connectivity index (χ3v) is 3.53. The quantitative estimate of drug-likeness (QED) is 0.534. The average molecular weight is 265 g/mol. The predicted molar refractivity (Wildman–Crippen MR) is 75.8 cm³/mol. The van der Waals surface area contributed by atoms with Crippen LogP contribution in [0.3, 0.4) is 0 Å². The summed E-state index contributed by atoms with van der Waals surface area (Å²) in [4.78, 5) is 8.72. The molecule has 0 bridgehead atoms. The lowest BCUT2D eigenvalue weighted by Gasteiger charge is -2.18. The van der Waals surface area contributed by atoms with Crippen molar-refractivity contribution in [2.24, 2.45) is 11.8 Å². The van der Waals surface area contributed by atoms with Crippen LogP contribution in [0.4, 0.5) is 11.6 Å². The van der Waals surface area contributed by atoms with Gasteiger partial charge in [0.1, 0.15) is 17.5 Å². The summed E-state index contributed by atoms with van der Waals surface area (Å²) in [5.74, 6) is 8.22. The third-order valence-electron chi connectivity index (χ3n) is 3.53. The second-order valence-electron chi connectivity index (χ2n) is 4.80. The zero-order valence-corrected chi connectivity index (χ0v) is 11.6. The van der Waals surface area contributed by atoms with Gasteiger partial charge in [0.2, 0.25) is 0 Å². The number of hydrazine groups is 1. The summed E-state index contributed by atoms with van der Waals surface area (Å²) >= 11 is 0. The number of aryl methyl sites for hydroxylation is 1. The van der Waals surface area contributed by atoms with Crippen molar-refractivity contribution in [2.45, 2.75) is 39.2 Å². The van der Waals surface area contributed by atoms with E-state index in [4.69, 9.17) is 10.6 Å². The van der Waals surface area contributed by atoms with Crippen molar-refractivity contribution in [1.29, 1.82) is 0 Å². The minimum atomic E-state index is 0.368. The van der Waals surface area contributed by atoms with Gasteiger partial charge in [-0.2, -0.15) is 0 Å². The molecule has 0 radical (unpaired) electrons. The number of ether oxygens (including phenoxy) is 1. The molecule has 1 saturated heterocycles. The highest BCUT2D eigenvalue weighted by Crippen LogP contribution is 2.23. The lowest BCUT2D eigenvalue weighted by atomic mass is 10.00. The standard InChI is InChI=1S/C13H23N5O/c1-3-10-9(5-6-19-10)8-15-12-7-13(18-14)17-11(4-2)16-12/h7,9-10H,3-6,8,14H2,1-2H3,(H2,15,16,17,18). The summed E-state index contributed by atoms with van der Waals surface area (Å²) in [7, 11) is 0. The van der Waals surface area contributed by atoms with Gasteiger partial charge in [0.25, 0.3) is 0 Å². The summed E-state index contributed by atoms with van der Waals surface area (Å²) in [5.41, 5.74) is 2.57. The van der Waals surface area contributed by atoms with Crippen molar-refractivity contribution in [3.05, 3.63) is 11.9 Å². The molecule has 0 aromatic carbocycles. The van der Waals surface area contributed by atoms with Crippen LogP contribution in [0.1, 0.15) is 32.5 Å². The Morgan fingerprint density at radius 2 is 2.16 bits per heavy atom. The maximum atomic E-state index is 5.69. The lowest BCUT2D eigenvalue weighted by molar-refractivity contribution is 0.0900. The highest BCUT2D eigenvalue weighted by Gasteiger charge is 2.26. The van der Waals surface area contributed by atoms with Gasteiger partial charge in [-0.3, -0.25) is 0 Å². The van der Waals surface area contributed by atoms with E-state index >= 15 is 0 Å². The Balaban J connectivity index is 1.98. The Morgan fingerprint density at radius 1 is 1.37 bits per heavy atom. The van der Waals surface area contributed by atoms with E-state index in [2.05, 4.69) is 27.6 Å². The maximum absolute atomic E-state index is 5.69. The molecule has 1 aromatic rings. The van der Waals surface area contributed by atoms with Gasteiger partial charge in [0, 0.05) is 31.6 Å². The normalized spacial score (nSPS) is 22.5. The van der Waals surface area contributed by atoms with E-state index in [0.717, 1.165) is 44.1 Å². The van der Waals surface area contributed by atoms with Crippen LogP contribution in [-0.4, -0.2) is 29.2 Å². The number of nitrogens with two attached hydrogens (primary N) is 1. The van der Waals surface area contributed by atoms with Crippen LogP contribution in [0.25, 0.3) is 0 Å². The van der Waals surface area contributed by atoms with E-state index in [0.29, 0.717) is 17.8 Å². The molecule has 1 aliphatic rings. The van der Waals surface area contributed by atoms with Crippen molar-refractivity contribution in [2.75, 3.05) is 23.9 Å². The fourth-order valence-corrected chi connectivity index (χ4v) is 2.43. The molecular formula is C13H23N5O. The van der Waals surface area contributed by atoms with E-state index in [-0.39, 0.29) is 0 Å². The molecule has 1 aliphatic heterocycles. The summed E-state index contributed by atoms with van der Waals surface area (Å²) in [6.45, 7) is 5.93. The van der Waals surface area contributed by atoms with Gasteiger partial charge in [-0.25, -0.2) is 15.8 Å². The van der Waals surface area contributed by atoms with Crippen LogP contribution in [0.2, 0.25) is 0 Å². The monoisotopic (exact) mass is 265 g/mol. The van der Waals surface area contributed by atoms with Crippen LogP contribution in [0.5, 0.6) is 0 Å². The van der Waals surface area contributed by atoms with Crippen LogP contribution >= 0.6 is 0 Å². The number of nitrogens with zero attached hydrogens (tertiary/aromatic N) is 2. The molecule has 2 rings (SSSR count). The van der Waals surface area contributed by atoms with E-state index in [1.807, 2.05) is 13.0 Å². The van der Waals surface area contributed by atoms with Gasteiger partial charge in [0.15, 0.2) is 0 Å². The van der Waals surface area contributed by atoms with Crippen LogP contribution in [0, 0.1) is 5.92 Å². The first kappa shape index (κ1) is 14.0. The van der Waals surface area contributed by atoms with Crippen LogP contribution < -0.4 is 16.6 Å². The largest absolute Gasteiger partial charge is 0.378 e. The molecule has 2 atom stereocenters. The minimum absolute atomic E-state index is 0.368. The second-order valence-corrected chi connectivity index (χ2v) is 4.80. The SMILES string of the molecule is CCc1nc(NN)cc(NCC2CCOC2CC)n1. The molecule has 6 nitrogen and oxygen atoms in total. The molecule has 1 fully saturated rings. The van der Waals surface area contributed by atoms with Gasteiger partial charge >= 0.3 is 0 Å². The molecule has 106 valence electrons. The Hall–Kier alpha value is -1.40. The highest BCUT2D eigenvalue weighted by atomic mass is 16.5. The molecule has 0 saturated carbocycles. The molecule has 0 amide bonds. The molecule has 2 unspecified atom stereocenters. The summed E-state index contributed by atoms with van der Waals surface area (Å²) in [6, 6.07) is 1.83. The Bertz CT molecular complexity index is 390. The topological polar surface area (TPSA) is 85.1 Å². The van der Waals surface area contributed by atoms with Gasteiger partial charge in [0.05, 0.1) is 6.10 Å². The van der Waals surface area contributed by atoms with E-state index in [1.165, 1.54) is 0 Å². The molecule has 2 heterocycles. The van der Waals surface area contributed by atoms with Crippen molar-refractivity contribution < 1.29 is 4.74 Å². The highest BCUT2D eigenvalue weighted by molar-refractivity contribution is 5.46. The van der Waals surface area contributed by atoms with Gasteiger partial charge in [-0.05, 0) is 12.8 Å². The summed E-state index contributed by atoms with van der Waals surface area (Å²) in [5, 5.41) is 3.37. The molecule has 1 aromatic heterocycles. The number of nitrogens with one attached hydrogen (secondary N) is 2. The molecule has 0 spiro atoms. The van der Waals surface area contributed by atoms with Gasteiger partial charge in [-0.15, -0.1) is 0 Å². The zero-order chi connectivity index (χ0) is 13.7. The van der Waals surface area contributed by atoms with Crippen molar-refractivity contribution >= 4 is 11.6 Å². The molecule has 0 aliphatic carbocycles. The number of anilines is 2. The first-order chi connectivity index (χ1) is 9.26. The minimum Gasteiger partial charge on any atom is -0.378 e. The zero-order valence-electron chi connectivity index (χ0n) is 11.6. The fourth-order valence-electron chi connectivity index (χ4n) is 2.43. The average Bonchev–Trinajstić information content (AvgIpc) is 2.92. The van der Waals surface area contributed by atoms with Crippen molar-refractivity contribution in [1.82, 2.24) is 9.97 Å². The molecular weight excluding hydrogens is 242 g/mol. The van der Waals surface area contributed by atoms with E-state index in [1.54, 1.807) is 0 Å². The lowest BCUT2D eigenvalue weighted by Crippen LogP contribution is -2.23. The summed E-state index contributed by atoms with van der Waals surface area (Å²) < 4.78 is 5.69. The van der Waals surface area contributed by atoms with E-state index in [9.17, 15) is 0 Å². The van der Waals surface area contributed by atoms with Crippen molar-refractivity contribution in [3.63, 3.8) is 0 Å².